The maximum absolute atomic E-state index is 12.3. The zero-order chi connectivity index (χ0) is 14.3. The van der Waals surface area contributed by atoms with Gasteiger partial charge < -0.3 is 10.5 Å². The Morgan fingerprint density at radius 3 is 2.95 bits per heavy atom. The lowest BCUT2D eigenvalue weighted by molar-refractivity contribution is -0.125. The molecule has 20 heavy (non-hydrogen) atoms. The van der Waals surface area contributed by atoms with Gasteiger partial charge in [0.1, 0.15) is 17.9 Å². The number of carbonyl (C=O) groups is 1. The van der Waals surface area contributed by atoms with Gasteiger partial charge in [0, 0.05) is 18.8 Å². The second-order valence-corrected chi connectivity index (χ2v) is 4.71. The Balaban J connectivity index is 2.01. The monoisotopic (exact) mass is 273 g/mol. The molecule has 104 valence electrons. The van der Waals surface area contributed by atoms with Crippen molar-refractivity contribution in [3.05, 3.63) is 30.4 Å². The van der Waals surface area contributed by atoms with Crippen LogP contribution in [0.2, 0.25) is 0 Å². The predicted molar refractivity (Wildman–Crippen MR) is 73.1 cm³/mol. The molecule has 0 saturated heterocycles. The van der Waals surface area contributed by atoms with E-state index in [0.29, 0.717) is 29.5 Å². The number of fused-ring (bicyclic) bond motifs is 1. The first-order valence-corrected chi connectivity index (χ1v) is 6.26. The molecule has 1 unspecified atom stereocenters. The largest absolute Gasteiger partial charge is 0.479 e. The fourth-order valence-corrected chi connectivity index (χ4v) is 2.19. The number of aromatic nitrogens is 3. The Morgan fingerprint density at radius 2 is 2.25 bits per heavy atom. The van der Waals surface area contributed by atoms with Crippen molar-refractivity contribution < 1.29 is 9.53 Å². The highest BCUT2D eigenvalue weighted by atomic mass is 16.5. The Kier molecular flexibility index (Phi) is 2.81. The van der Waals surface area contributed by atoms with Gasteiger partial charge in [-0.25, -0.2) is 4.98 Å². The Bertz CT molecular complexity index is 667. The van der Waals surface area contributed by atoms with Crippen LogP contribution in [0.15, 0.2) is 24.5 Å². The van der Waals surface area contributed by atoms with Gasteiger partial charge in [0.05, 0.1) is 12.2 Å². The van der Waals surface area contributed by atoms with Gasteiger partial charge in [0.15, 0.2) is 6.10 Å². The number of nitrogen functional groups attached to an aromatic ring is 1. The van der Waals surface area contributed by atoms with Crippen LogP contribution in [-0.2, 0) is 18.4 Å². The van der Waals surface area contributed by atoms with Gasteiger partial charge in [0.25, 0.3) is 5.91 Å². The van der Waals surface area contributed by atoms with E-state index in [4.69, 9.17) is 10.5 Å². The first kappa shape index (κ1) is 12.5. The molecule has 3 rings (SSSR count). The highest BCUT2D eigenvalue weighted by Crippen LogP contribution is 2.36. The molecule has 0 bridgehead atoms. The Labute approximate surface area is 116 Å². The molecular formula is C13H15N5O2. The fraction of sp³-hybridized carbons (Fsp3) is 0.308. The molecule has 0 fully saturated rings. The summed E-state index contributed by atoms with van der Waals surface area (Å²) in [5, 5.41) is 4.01. The molecule has 0 spiro atoms. The number of aryl methyl sites for hydroxylation is 1. The third-order valence-electron chi connectivity index (χ3n) is 3.30. The van der Waals surface area contributed by atoms with E-state index < -0.39 is 6.10 Å². The van der Waals surface area contributed by atoms with E-state index in [0.717, 1.165) is 0 Å². The summed E-state index contributed by atoms with van der Waals surface area (Å²) >= 11 is 0. The van der Waals surface area contributed by atoms with Crippen LogP contribution in [0.5, 0.6) is 5.75 Å². The molecule has 0 aliphatic carbocycles. The summed E-state index contributed by atoms with van der Waals surface area (Å²) < 4.78 is 7.23. The lowest BCUT2D eigenvalue weighted by Gasteiger charge is -2.32. The molecule has 0 saturated carbocycles. The number of hydrogen-bond acceptors (Lipinski definition) is 5. The van der Waals surface area contributed by atoms with E-state index in [1.807, 2.05) is 0 Å². The van der Waals surface area contributed by atoms with Crippen LogP contribution in [0.4, 0.5) is 11.4 Å². The number of nitrogens with zero attached hydrogens (tertiary/aromatic N) is 4. The van der Waals surface area contributed by atoms with Crippen molar-refractivity contribution in [2.75, 3.05) is 10.6 Å². The maximum atomic E-state index is 12.3. The first-order chi connectivity index (χ1) is 9.56. The maximum Gasteiger partial charge on any atom is 0.268 e. The van der Waals surface area contributed by atoms with E-state index >= 15 is 0 Å². The highest BCUT2D eigenvalue weighted by Gasteiger charge is 2.32. The summed E-state index contributed by atoms with van der Waals surface area (Å²) in [6.07, 6.45) is 0.922. The second kappa shape index (κ2) is 4.52. The van der Waals surface area contributed by atoms with E-state index in [2.05, 4.69) is 10.1 Å². The van der Waals surface area contributed by atoms with E-state index in [1.165, 1.54) is 6.33 Å². The third kappa shape index (κ3) is 1.97. The Hall–Kier alpha value is -2.57. The van der Waals surface area contributed by atoms with Crippen LogP contribution < -0.4 is 15.4 Å². The number of carbonyl (C=O) groups excluding carboxylic acids is 1. The van der Waals surface area contributed by atoms with Crippen LogP contribution >= 0.6 is 0 Å². The van der Waals surface area contributed by atoms with Crippen molar-refractivity contribution >= 4 is 17.3 Å². The van der Waals surface area contributed by atoms with Crippen molar-refractivity contribution in [1.29, 1.82) is 0 Å². The molecule has 2 heterocycles. The van der Waals surface area contributed by atoms with Crippen molar-refractivity contribution in [2.24, 2.45) is 7.05 Å². The van der Waals surface area contributed by atoms with E-state index in [9.17, 15) is 4.79 Å². The lowest BCUT2D eigenvalue weighted by Crippen LogP contribution is -2.44. The molecular weight excluding hydrogens is 258 g/mol. The standard InChI is InChI=1S/C13H15N5O2/c1-8-13(19)18(6-12-15-7-16-17(12)2)10-4-3-9(14)5-11(10)20-8/h3-5,7-8H,6,14H2,1-2H3. The summed E-state index contributed by atoms with van der Waals surface area (Å²) in [7, 11) is 1.79. The number of benzene rings is 1. The van der Waals surface area contributed by atoms with Crippen LogP contribution in [0.1, 0.15) is 12.7 Å². The molecule has 0 radical (unpaired) electrons. The SMILES string of the molecule is CC1Oc2cc(N)ccc2N(Cc2ncnn2C)C1=O. The summed E-state index contributed by atoms with van der Waals surface area (Å²) in [6, 6.07) is 5.25. The molecule has 1 atom stereocenters. The third-order valence-corrected chi connectivity index (χ3v) is 3.30. The van der Waals surface area contributed by atoms with Gasteiger partial charge in [-0.2, -0.15) is 5.10 Å². The van der Waals surface area contributed by atoms with Crippen molar-refractivity contribution in [1.82, 2.24) is 14.8 Å². The van der Waals surface area contributed by atoms with Crippen LogP contribution in [0.3, 0.4) is 0 Å². The molecule has 2 aromatic rings. The van der Waals surface area contributed by atoms with Crippen molar-refractivity contribution in [2.45, 2.75) is 19.6 Å². The normalized spacial score (nSPS) is 17.8. The lowest BCUT2D eigenvalue weighted by atomic mass is 10.1. The van der Waals surface area contributed by atoms with Crippen molar-refractivity contribution in [3.8, 4) is 5.75 Å². The minimum absolute atomic E-state index is 0.106. The number of hydrogen-bond donors (Lipinski definition) is 1. The van der Waals surface area contributed by atoms with E-state index in [-0.39, 0.29) is 5.91 Å². The van der Waals surface area contributed by atoms with Crippen LogP contribution in [-0.4, -0.2) is 26.8 Å². The smallest absolute Gasteiger partial charge is 0.268 e. The van der Waals surface area contributed by atoms with Crippen LogP contribution in [0, 0.1) is 0 Å². The first-order valence-electron chi connectivity index (χ1n) is 6.26. The molecule has 7 heteroatoms. The van der Waals surface area contributed by atoms with Gasteiger partial charge >= 0.3 is 0 Å². The quantitative estimate of drug-likeness (QED) is 0.814. The zero-order valence-corrected chi connectivity index (χ0v) is 11.3. The van der Waals surface area contributed by atoms with Gasteiger partial charge in [-0.05, 0) is 19.1 Å². The van der Waals surface area contributed by atoms with Crippen LogP contribution in [0.25, 0.3) is 0 Å². The minimum Gasteiger partial charge on any atom is -0.479 e. The number of rotatable bonds is 2. The van der Waals surface area contributed by atoms with Crippen molar-refractivity contribution in [3.63, 3.8) is 0 Å². The summed E-state index contributed by atoms with van der Waals surface area (Å²) in [5.74, 6) is 1.21. The van der Waals surface area contributed by atoms with E-state index in [1.54, 1.807) is 41.8 Å². The molecule has 2 N–H and O–H groups in total. The summed E-state index contributed by atoms with van der Waals surface area (Å²) in [4.78, 5) is 18.1. The van der Waals surface area contributed by atoms with Gasteiger partial charge in [-0.3, -0.25) is 14.4 Å². The highest BCUT2D eigenvalue weighted by molar-refractivity contribution is 5.99. The van der Waals surface area contributed by atoms with Gasteiger partial charge in [-0.15, -0.1) is 0 Å². The Morgan fingerprint density at radius 1 is 1.45 bits per heavy atom. The number of ether oxygens (including phenoxy) is 1. The summed E-state index contributed by atoms with van der Waals surface area (Å²) in [6.45, 7) is 2.07. The fourth-order valence-electron chi connectivity index (χ4n) is 2.19. The number of amides is 1. The number of nitrogens with two attached hydrogens (primary N) is 1. The second-order valence-electron chi connectivity index (χ2n) is 4.71. The topological polar surface area (TPSA) is 86.3 Å². The molecule has 1 aromatic heterocycles. The molecule has 1 aliphatic heterocycles. The minimum atomic E-state index is -0.544. The zero-order valence-electron chi connectivity index (χ0n) is 11.3. The average Bonchev–Trinajstić information content (AvgIpc) is 2.80. The summed E-state index contributed by atoms with van der Waals surface area (Å²) in [5.41, 5.74) is 7.06. The predicted octanol–water partition coefficient (Wildman–Crippen LogP) is 0.711. The molecule has 1 amide bonds. The van der Waals surface area contributed by atoms with Gasteiger partial charge in [0.2, 0.25) is 0 Å². The molecule has 1 aliphatic rings. The van der Waals surface area contributed by atoms with Gasteiger partial charge in [-0.1, -0.05) is 0 Å². The number of anilines is 2. The molecule has 1 aromatic carbocycles. The molecule has 7 nitrogen and oxygen atoms in total. The average molecular weight is 273 g/mol.